The molecule has 3 rings (SSSR count). The number of alkyl halides is 2. The van der Waals surface area contributed by atoms with Crippen LogP contribution in [0.5, 0.6) is 0 Å². The molecule has 7 nitrogen and oxygen atoms in total. The van der Waals surface area contributed by atoms with Crippen molar-refractivity contribution < 1.29 is 22.0 Å². The van der Waals surface area contributed by atoms with Crippen LogP contribution in [-0.2, 0) is 21.4 Å². The van der Waals surface area contributed by atoms with E-state index >= 15 is 0 Å². The number of sulfonamides is 1. The third kappa shape index (κ3) is 5.97. The van der Waals surface area contributed by atoms with Crippen LogP contribution in [0.4, 0.5) is 14.5 Å². The maximum absolute atomic E-state index is 12.7. The molecule has 1 heterocycles. The van der Waals surface area contributed by atoms with E-state index in [4.69, 9.17) is 5.14 Å². The van der Waals surface area contributed by atoms with Crippen LogP contribution >= 0.6 is 23.5 Å². The Hall–Kier alpha value is -2.15. The van der Waals surface area contributed by atoms with Crippen LogP contribution in [0.1, 0.15) is 13.3 Å². The number of nitrogens with one attached hydrogen (secondary N) is 1. The number of amides is 1. The molecule has 0 atom stereocenters. The first-order chi connectivity index (χ1) is 14.7. The van der Waals surface area contributed by atoms with Gasteiger partial charge in [-0.1, -0.05) is 42.6 Å². The molecule has 0 aliphatic rings. The molecule has 12 heteroatoms. The number of halogens is 2. The van der Waals surface area contributed by atoms with Gasteiger partial charge >= 0.3 is 0 Å². The number of aromatic nitrogens is 2. The Bertz CT molecular complexity index is 1200. The van der Waals surface area contributed by atoms with Gasteiger partial charge in [0.25, 0.3) is 5.76 Å². The second-order valence-corrected chi connectivity index (χ2v) is 9.99. The second-order valence-electron chi connectivity index (χ2n) is 6.45. The van der Waals surface area contributed by atoms with Crippen molar-refractivity contribution in [3.63, 3.8) is 0 Å². The summed E-state index contributed by atoms with van der Waals surface area (Å²) >= 11 is 1.54. The molecular weight excluding hydrogens is 466 g/mol. The van der Waals surface area contributed by atoms with Gasteiger partial charge in [-0.3, -0.25) is 4.79 Å². The Kier molecular flexibility index (Phi) is 7.57. The minimum atomic E-state index is -3.86. The molecule has 3 N–H and O–H groups in total. The summed E-state index contributed by atoms with van der Waals surface area (Å²) in [4.78, 5) is 17.1. The summed E-state index contributed by atoms with van der Waals surface area (Å²) in [6.07, 6.45) is 0.806. The van der Waals surface area contributed by atoms with Crippen molar-refractivity contribution in [1.29, 1.82) is 0 Å². The van der Waals surface area contributed by atoms with Crippen LogP contribution in [0.15, 0.2) is 57.4 Å². The molecule has 0 fully saturated rings. The van der Waals surface area contributed by atoms with E-state index in [9.17, 15) is 22.0 Å². The number of hydrogen-bond donors (Lipinski definition) is 2. The molecule has 0 aliphatic carbocycles. The van der Waals surface area contributed by atoms with Crippen molar-refractivity contribution in [2.45, 2.75) is 40.6 Å². The predicted octanol–water partition coefficient (Wildman–Crippen LogP) is 4.14. The molecule has 0 bridgehead atoms. The minimum Gasteiger partial charge on any atom is -0.324 e. The van der Waals surface area contributed by atoms with Crippen molar-refractivity contribution in [2.75, 3.05) is 11.1 Å². The topological polar surface area (TPSA) is 107 Å². The highest BCUT2D eigenvalue weighted by Gasteiger charge is 2.17. The number of hydrogen-bond acceptors (Lipinski definition) is 6. The fourth-order valence-corrected chi connectivity index (χ4v) is 4.87. The smallest absolute Gasteiger partial charge is 0.288 e. The lowest BCUT2D eigenvalue weighted by molar-refractivity contribution is -0.113. The average Bonchev–Trinajstić information content (AvgIpc) is 3.04. The number of aryl methyl sites for hydroxylation is 1. The standard InChI is InChI=1S/C19H20F2N4O3S3/c1-2-9-25-15-8-7-12(31(22,27)28)10-14(15)24-19(25)29-11-17(26)23-13-5-3-4-6-16(13)30-18(20)21/h3-8,10,18H,2,9,11H2,1H3,(H,23,26)(H2,22,27,28). The Morgan fingerprint density at radius 1 is 1.26 bits per heavy atom. The Balaban J connectivity index is 1.78. The number of imidazole rings is 1. The minimum absolute atomic E-state index is 0.00274. The van der Waals surface area contributed by atoms with Crippen LogP contribution in [0.25, 0.3) is 11.0 Å². The Labute approximate surface area is 186 Å². The van der Waals surface area contributed by atoms with Gasteiger partial charge in [0.05, 0.1) is 27.4 Å². The number of carbonyl (C=O) groups is 1. The molecule has 0 aliphatic heterocycles. The summed E-state index contributed by atoms with van der Waals surface area (Å²) in [5, 5.41) is 8.40. The van der Waals surface area contributed by atoms with Gasteiger partial charge < -0.3 is 9.88 Å². The summed E-state index contributed by atoms with van der Waals surface area (Å²) in [5.41, 5.74) is 1.51. The number of fused-ring (bicyclic) bond motifs is 1. The van der Waals surface area contributed by atoms with Crippen molar-refractivity contribution in [1.82, 2.24) is 9.55 Å². The molecule has 1 amide bonds. The average molecular weight is 487 g/mol. The second kappa shape index (κ2) is 9.98. The lowest BCUT2D eigenvalue weighted by atomic mass is 10.3. The number of para-hydroxylation sites is 1. The van der Waals surface area contributed by atoms with Gasteiger partial charge in [-0.25, -0.2) is 18.5 Å². The van der Waals surface area contributed by atoms with E-state index in [2.05, 4.69) is 10.3 Å². The molecule has 31 heavy (non-hydrogen) atoms. The van der Waals surface area contributed by atoms with Gasteiger partial charge in [0, 0.05) is 11.4 Å². The Morgan fingerprint density at radius 2 is 2.00 bits per heavy atom. The van der Waals surface area contributed by atoms with Gasteiger partial charge in [0.15, 0.2) is 5.16 Å². The third-order valence-corrected chi connectivity index (χ3v) is 6.85. The van der Waals surface area contributed by atoms with Crippen LogP contribution < -0.4 is 10.5 Å². The molecule has 0 spiro atoms. The molecule has 3 aromatic rings. The number of rotatable bonds is 9. The van der Waals surface area contributed by atoms with Gasteiger partial charge in [-0.05, 0) is 36.8 Å². The highest BCUT2D eigenvalue weighted by atomic mass is 32.2. The lowest BCUT2D eigenvalue weighted by Crippen LogP contribution is -2.15. The zero-order valence-corrected chi connectivity index (χ0v) is 18.9. The van der Waals surface area contributed by atoms with Gasteiger partial charge in [0.2, 0.25) is 15.9 Å². The molecular formula is C19H20F2N4O3S3. The Morgan fingerprint density at radius 3 is 2.68 bits per heavy atom. The normalized spacial score (nSPS) is 11.9. The molecule has 1 aromatic heterocycles. The fraction of sp³-hybridized carbons (Fsp3) is 0.263. The van der Waals surface area contributed by atoms with Gasteiger partial charge in [0.1, 0.15) is 0 Å². The maximum Gasteiger partial charge on any atom is 0.288 e. The first-order valence-electron chi connectivity index (χ1n) is 9.18. The monoisotopic (exact) mass is 486 g/mol. The van der Waals surface area contributed by atoms with E-state index < -0.39 is 15.8 Å². The van der Waals surface area contributed by atoms with Crippen molar-refractivity contribution in [3.05, 3.63) is 42.5 Å². The molecule has 0 unspecified atom stereocenters. The summed E-state index contributed by atoms with van der Waals surface area (Å²) in [6, 6.07) is 10.8. The number of nitrogens with zero attached hydrogens (tertiary/aromatic N) is 2. The van der Waals surface area contributed by atoms with Crippen LogP contribution in [0.2, 0.25) is 0 Å². The largest absolute Gasteiger partial charge is 0.324 e. The van der Waals surface area contributed by atoms with Crippen LogP contribution in [0.3, 0.4) is 0 Å². The molecule has 2 aromatic carbocycles. The van der Waals surface area contributed by atoms with Crippen LogP contribution in [-0.4, -0.2) is 35.4 Å². The van der Waals surface area contributed by atoms with Gasteiger partial charge in [-0.15, -0.1) is 0 Å². The highest BCUT2D eigenvalue weighted by molar-refractivity contribution is 8.00. The first kappa shape index (κ1) is 23.5. The zero-order valence-electron chi connectivity index (χ0n) is 16.4. The molecule has 166 valence electrons. The molecule has 0 radical (unpaired) electrons. The third-order valence-electron chi connectivity index (χ3n) is 4.17. The first-order valence-corrected chi connectivity index (χ1v) is 12.6. The summed E-state index contributed by atoms with van der Waals surface area (Å²) in [5.74, 6) is -2.96. The maximum atomic E-state index is 12.7. The van der Waals surface area contributed by atoms with Crippen molar-refractivity contribution in [2.24, 2.45) is 5.14 Å². The van der Waals surface area contributed by atoms with E-state index in [0.29, 0.717) is 34.7 Å². The number of carbonyl (C=O) groups excluding carboxylic acids is 1. The van der Waals surface area contributed by atoms with Crippen LogP contribution in [0, 0.1) is 0 Å². The number of primary sulfonamides is 1. The lowest BCUT2D eigenvalue weighted by Gasteiger charge is -2.11. The number of benzene rings is 2. The summed E-state index contributed by atoms with van der Waals surface area (Å²) in [7, 11) is -3.86. The predicted molar refractivity (Wildman–Crippen MR) is 119 cm³/mol. The number of thioether (sulfide) groups is 2. The molecule has 0 saturated carbocycles. The van der Waals surface area contributed by atoms with Crippen molar-refractivity contribution >= 4 is 56.2 Å². The number of nitrogens with two attached hydrogens (primary N) is 1. The highest BCUT2D eigenvalue weighted by Crippen LogP contribution is 2.32. The van der Waals surface area contributed by atoms with E-state index in [0.717, 1.165) is 11.9 Å². The quantitative estimate of drug-likeness (QED) is 0.440. The van der Waals surface area contributed by atoms with E-state index in [-0.39, 0.29) is 21.5 Å². The summed E-state index contributed by atoms with van der Waals surface area (Å²) in [6.45, 7) is 2.62. The van der Waals surface area contributed by atoms with E-state index in [1.165, 1.54) is 30.0 Å². The zero-order chi connectivity index (χ0) is 22.6. The SMILES string of the molecule is CCCn1c(SCC(=O)Nc2ccccc2SC(F)F)nc2cc(S(N)(=O)=O)ccc21. The van der Waals surface area contributed by atoms with Gasteiger partial charge in [-0.2, -0.15) is 8.78 Å². The summed E-state index contributed by atoms with van der Waals surface area (Å²) < 4.78 is 50.6. The van der Waals surface area contributed by atoms with E-state index in [1.807, 2.05) is 11.5 Å². The van der Waals surface area contributed by atoms with E-state index in [1.54, 1.807) is 24.3 Å². The van der Waals surface area contributed by atoms with Crippen molar-refractivity contribution in [3.8, 4) is 0 Å². The number of anilines is 1. The molecule has 0 saturated heterocycles. The fourth-order valence-electron chi connectivity index (χ4n) is 2.90.